The number of rotatable bonds is 8. The van der Waals surface area contributed by atoms with Gasteiger partial charge in [-0.1, -0.05) is 12.1 Å². The Morgan fingerprint density at radius 2 is 1.76 bits per heavy atom. The Morgan fingerprint density at radius 1 is 1.00 bits per heavy atom. The number of hydrogen-bond acceptors (Lipinski definition) is 6. The number of amides is 1. The van der Waals surface area contributed by atoms with Gasteiger partial charge >= 0.3 is 0 Å². The van der Waals surface area contributed by atoms with Gasteiger partial charge in [-0.3, -0.25) is 9.80 Å². The molecule has 1 amide bonds. The first-order valence-electron chi connectivity index (χ1n) is 10.5. The normalized spacial score (nSPS) is 13.2. The van der Waals surface area contributed by atoms with Crippen LogP contribution in [-0.4, -0.2) is 62.6 Å². The van der Waals surface area contributed by atoms with E-state index in [1.54, 1.807) is 50.6 Å². The second-order valence-electron chi connectivity index (χ2n) is 7.19. The first-order valence-corrected chi connectivity index (χ1v) is 10.9. The summed E-state index contributed by atoms with van der Waals surface area (Å²) in [6.07, 6.45) is 4.06. The number of hydrazine groups is 1. The highest BCUT2D eigenvalue weighted by atomic mass is 32.1. The number of carbonyl (C=O) groups excluding carboxylic acids is 1. The number of para-hydroxylation sites is 1. The van der Waals surface area contributed by atoms with Crippen molar-refractivity contribution in [2.45, 2.75) is 13.0 Å². The summed E-state index contributed by atoms with van der Waals surface area (Å²) in [5.41, 5.74) is 1.66. The molecular formula is C24H29N3O5S. The second kappa shape index (κ2) is 11.4. The Bertz CT molecular complexity index is 1030. The molecule has 0 atom stereocenters. The fourth-order valence-electron chi connectivity index (χ4n) is 3.62. The lowest BCUT2D eigenvalue weighted by atomic mass is 10.1. The third-order valence-corrected chi connectivity index (χ3v) is 5.63. The molecule has 0 aromatic heterocycles. The zero-order valence-corrected chi connectivity index (χ0v) is 20.1. The Kier molecular flexibility index (Phi) is 8.37. The van der Waals surface area contributed by atoms with E-state index in [-0.39, 0.29) is 5.91 Å². The molecular weight excluding hydrogens is 442 g/mol. The van der Waals surface area contributed by atoms with Crippen molar-refractivity contribution in [3.8, 4) is 23.0 Å². The average molecular weight is 472 g/mol. The van der Waals surface area contributed by atoms with Crippen molar-refractivity contribution >= 4 is 29.3 Å². The highest BCUT2D eigenvalue weighted by molar-refractivity contribution is 7.80. The first kappa shape index (κ1) is 24.2. The topological polar surface area (TPSA) is 72.5 Å². The number of carbonyl (C=O) groups is 1. The van der Waals surface area contributed by atoms with Gasteiger partial charge in [-0.2, -0.15) is 0 Å². The van der Waals surface area contributed by atoms with E-state index in [9.17, 15) is 4.79 Å². The predicted octanol–water partition coefficient (Wildman–Crippen LogP) is 3.26. The molecule has 0 bridgehead atoms. The van der Waals surface area contributed by atoms with Crippen LogP contribution in [0, 0.1) is 0 Å². The molecule has 8 nitrogen and oxygen atoms in total. The largest absolute Gasteiger partial charge is 0.497 e. The number of nitrogens with one attached hydrogen (secondary N) is 1. The molecule has 1 heterocycles. The Hall–Kier alpha value is -3.46. The summed E-state index contributed by atoms with van der Waals surface area (Å²) in [4.78, 5) is 12.9. The number of methoxy groups -OCH3 is 4. The maximum Gasteiger partial charge on any atom is 0.265 e. The molecule has 1 saturated heterocycles. The summed E-state index contributed by atoms with van der Waals surface area (Å²) in [6, 6.07) is 11.1. The van der Waals surface area contributed by atoms with Crippen molar-refractivity contribution in [2.75, 3.05) is 41.5 Å². The van der Waals surface area contributed by atoms with E-state index in [0.29, 0.717) is 47.7 Å². The average Bonchev–Trinajstić information content (AvgIpc) is 3.35. The lowest BCUT2D eigenvalue weighted by Crippen LogP contribution is -2.48. The van der Waals surface area contributed by atoms with Crippen LogP contribution in [0.2, 0.25) is 0 Å². The molecule has 2 aromatic rings. The minimum absolute atomic E-state index is 0.166. The van der Waals surface area contributed by atoms with Gasteiger partial charge in [-0.05, 0) is 49.0 Å². The lowest BCUT2D eigenvalue weighted by Gasteiger charge is -2.29. The number of thiocarbonyl (C=S) groups is 1. The van der Waals surface area contributed by atoms with Crippen LogP contribution < -0.4 is 24.3 Å². The van der Waals surface area contributed by atoms with Gasteiger partial charge in [0.05, 0.1) is 28.4 Å². The second-order valence-corrected chi connectivity index (χ2v) is 7.58. The van der Waals surface area contributed by atoms with Gasteiger partial charge in [-0.15, -0.1) is 0 Å². The summed E-state index contributed by atoms with van der Waals surface area (Å²) in [5.74, 6) is 2.48. The Balaban J connectivity index is 1.68. The van der Waals surface area contributed by atoms with E-state index < -0.39 is 0 Å². The van der Waals surface area contributed by atoms with Crippen LogP contribution in [-0.2, 0) is 11.3 Å². The molecule has 1 aliphatic heterocycles. The smallest absolute Gasteiger partial charge is 0.265 e. The van der Waals surface area contributed by atoms with E-state index in [0.717, 1.165) is 17.5 Å². The Labute approximate surface area is 199 Å². The molecule has 176 valence electrons. The fraction of sp³-hybridized carbons (Fsp3) is 0.333. The number of ether oxygens (including phenoxy) is 4. The summed E-state index contributed by atoms with van der Waals surface area (Å²) < 4.78 is 21.5. The van der Waals surface area contributed by atoms with Gasteiger partial charge in [-0.25, -0.2) is 5.01 Å². The number of benzene rings is 2. The summed E-state index contributed by atoms with van der Waals surface area (Å²) in [5, 5.41) is 7.13. The van der Waals surface area contributed by atoms with Gasteiger partial charge in [0, 0.05) is 36.8 Å². The van der Waals surface area contributed by atoms with E-state index in [4.69, 9.17) is 31.2 Å². The van der Waals surface area contributed by atoms with Crippen molar-refractivity contribution in [1.82, 2.24) is 15.3 Å². The molecule has 1 aliphatic rings. The van der Waals surface area contributed by atoms with Crippen molar-refractivity contribution in [3.05, 3.63) is 53.6 Å². The minimum atomic E-state index is -0.166. The van der Waals surface area contributed by atoms with Gasteiger partial charge in [0.1, 0.15) is 11.5 Å². The fourth-order valence-corrected chi connectivity index (χ4v) is 3.89. The molecule has 33 heavy (non-hydrogen) atoms. The third-order valence-electron chi connectivity index (χ3n) is 5.28. The van der Waals surface area contributed by atoms with Crippen LogP contribution in [0.15, 0.2) is 42.5 Å². The molecule has 1 N–H and O–H groups in total. The van der Waals surface area contributed by atoms with Crippen LogP contribution >= 0.6 is 12.2 Å². The maximum absolute atomic E-state index is 12.9. The van der Waals surface area contributed by atoms with Crippen molar-refractivity contribution in [1.29, 1.82) is 0 Å². The van der Waals surface area contributed by atoms with Crippen LogP contribution in [0.25, 0.3) is 6.08 Å². The summed E-state index contributed by atoms with van der Waals surface area (Å²) in [7, 11) is 6.38. The predicted molar refractivity (Wildman–Crippen MR) is 131 cm³/mol. The van der Waals surface area contributed by atoms with Crippen molar-refractivity contribution in [3.63, 3.8) is 0 Å². The Morgan fingerprint density at radius 3 is 2.45 bits per heavy atom. The molecule has 0 saturated carbocycles. The minimum Gasteiger partial charge on any atom is -0.497 e. The van der Waals surface area contributed by atoms with E-state index in [1.807, 2.05) is 30.3 Å². The lowest BCUT2D eigenvalue weighted by molar-refractivity contribution is -0.133. The molecule has 1 fully saturated rings. The number of nitrogens with zero attached hydrogens (tertiary/aromatic N) is 2. The van der Waals surface area contributed by atoms with Gasteiger partial charge in [0.2, 0.25) is 0 Å². The van der Waals surface area contributed by atoms with Crippen molar-refractivity contribution < 1.29 is 23.7 Å². The highest BCUT2D eigenvalue weighted by Gasteiger charge is 2.27. The molecule has 9 heteroatoms. The molecule has 0 aliphatic carbocycles. The third kappa shape index (κ3) is 5.67. The molecule has 0 spiro atoms. The van der Waals surface area contributed by atoms with Gasteiger partial charge in [0.25, 0.3) is 5.91 Å². The van der Waals surface area contributed by atoms with E-state index in [2.05, 4.69) is 5.32 Å². The molecule has 2 aromatic carbocycles. The van der Waals surface area contributed by atoms with Crippen LogP contribution in [0.5, 0.6) is 23.0 Å². The standard InChI is InChI=1S/C24H29N3O5S/c1-29-19-10-11-20(30-2)17(15-19)9-12-22(28)26-13-6-14-27(26)24(33)25-16-18-7-5-8-21(31-3)23(18)32-4/h5,7-12,15H,6,13-14,16H2,1-4H3,(H,25,33). The van der Waals surface area contributed by atoms with E-state index in [1.165, 1.54) is 6.08 Å². The monoisotopic (exact) mass is 471 g/mol. The quantitative estimate of drug-likeness (QED) is 0.465. The molecule has 0 radical (unpaired) electrons. The van der Waals surface area contributed by atoms with Crippen molar-refractivity contribution in [2.24, 2.45) is 0 Å². The zero-order chi connectivity index (χ0) is 23.8. The summed E-state index contributed by atoms with van der Waals surface area (Å²) in [6.45, 7) is 1.68. The van der Waals surface area contributed by atoms with E-state index >= 15 is 0 Å². The van der Waals surface area contributed by atoms with Gasteiger partial charge in [0.15, 0.2) is 16.6 Å². The van der Waals surface area contributed by atoms with Crippen LogP contribution in [0.3, 0.4) is 0 Å². The molecule has 3 rings (SSSR count). The maximum atomic E-state index is 12.9. The SMILES string of the molecule is COc1ccc(OC)c(C=CC(=O)N2CCCN2C(=S)NCc2cccc(OC)c2OC)c1. The van der Waals surface area contributed by atoms with Gasteiger partial charge < -0.3 is 24.3 Å². The molecule has 0 unspecified atom stereocenters. The van der Waals surface area contributed by atoms with Crippen LogP contribution in [0.1, 0.15) is 17.5 Å². The summed E-state index contributed by atoms with van der Waals surface area (Å²) >= 11 is 5.59. The van der Waals surface area contributed by atoms with Crippen LogP contribution in [0.4, 0.5) is 0 Å². The highest BCUT2D eigenvalue weighted by Crippen LogP contribution is 2.30. The first-order chi connectivity index (χ1) is 16.0. The zero-order valence-electron chi connectivity index (χ0n) is 19.3. The number of hydrogen-bond donors (Lipinski definition) is 1.